The Morgan fingerprint density at radius 2 is 0.786 bits per heavy atom. The molecule has 0 fully saturated rings. The first-order valence-electron chi connectivity index (χ1n) is 3.77. The van der Waals surface area contributed by atoms with Crippen molar-refractivity contribution in [2.24, 2.45) is 0 Å². The predicted octanol–water partition coefficient (Wildman–Crippen LogP) is 5.17. The predicted molar refractivity (Wildman–Crippen MR) is 83.3 cm³/mol. The highest BCUT2D eigenvalue weighted by Gasteiger charge is 2.20. The number of hydrogen-bond donors (Lipinski definition) is 0. The molecule has 1 aliphatic heterocycles. The summed E-state index contributed by atoms with van der Waals surface area (Å²) in [5.41, 5.74) is 0. The van der Waals surface area contributed by atoms with Gasteiger partial charge in [0.15, 0.2) is 0 Å². The smallest absolute Gasteiger partial charge is 0.0657 e. The highest BCUT2D eigenvalue weighted by Crippen LogP contribution is 2.56. The van der Waals surface area contributed by atoms with E-state index in [1.807, 2.05) is 70.6 Å². The van der Waals surface area contributed by atoms with E-state index >= 15 is 0 Å². The summed E-state index contributed by atoms with van der Waals surface area (Å²) in [5.74, 6) is 0. The maximum Gasteiger partial charge on any atom is 0.0657 e. The number of thioether (sulfide) groups is 6. The van der Waals surface area contributed by atoms with Crippen LogP contribution in [0.25, 0.3) is 0 Å². The molecule has 0 bridgehead atoms. The van der Waals surface area contributed by atoms with Crippen LogP contribution in [0.5, 0.6) is 0 Å². The third-order valence-electron chi connectivity index (χ3n) is 1.45. The summed E-state index contributed by atoms with van der Waals surface area (Å²) in [7, 11) is 0. The third-order valence-corrected chi connectivity index (χ3v) is 9.34. The molecule has 80 valence electrons. The Bertz CT molecular complexity index is 215. The van der Waals surface area contributed by atoms with E-state index in [0.29, 0.717) is 0 Å². The van der Waals surface area contributed by atoms with Crippen LogP contribution < -0.4 is 0 Å². The van der Waals surface area contributed by atoms with Crippen molar-refractivity contribution >= 4 is 70.6 Å². The van der Waals surface area contributed by atoms with Gasteiger partial charge in [0, 0.05) is 0 Å². The van der Waals surface area contributed by atoms with Crippen molar-refractivity contribution in [3.63, 3.8) is 0 Å². The van der Waals surface area contributed by atoms with Gasteiger partial charge < -0.3 is 0 Å². The van der Waals surface area contributed by atoms with Crippen LogP contribution in [0.1, 0.15) is 0 Å². The minimum absolute atomic E-state index is 1.45. The van der Waals surface area contributed by atoms with Crippen molar-refractivity contribution in [2.75, 3.05) is 25.0 Å². The maximum absolute atomic E-state index is 2.15. The van der Waals surface area contributed by atoms with Crippen LogP contribution in [-0.2, 0) is 0 Å². The summed E-state index contributed by atoms with van der Waals surface area (Å²) >= 11 is 11.3. The second kappa shape index (κ2) is 7.01. The molecule has 0 saturated carbocycles. The summed E-state index contributed by atoms with van der Waals surface area (Å²) < 4.78 is 5.80. The zero-order valence-electron chi connectivity index (χ0n) is 8.45. The normalized spacial score (nSPS) is 18.0. The lowest BCUT2D eigenvalue weighted by Crippen LogP contribution is -1.87. The third kappa shape index (κ3) is 3.28. The van der Waals surface area contributed by atoms with Crippen LogP contribution in [0.2, 0.25) is 0 Å². The maximum atomic E-state index is 2.15. The molecule has 0 atom stereocenters. The highest BCUT2D eigenvalue weighted by atomic mass is 32.2. The van der Waals surface area contributed by atoms with Gasteiger partial charge in [-0.05, 0) is 25.0 Å². The fourth-order valence-corrected chi connectivity index (χ4v) is 7.82. The van der Waals surface area contributed by atoms with E-state index in [0.717, 1.165) is 0 Å². The first kappa shape index (κ1) is 13.6. The Morgan fingerprint density at radius 1 is 0.571 bits per heavy atom. The van der Waals surface area contributed by atoms with Gasteiger partial charge in [0.2, 0.25) is 0 Å². The lowest BCUT2D eigenvalue weighted by Gasteiger charge is -2.20. The SMILES string of the molecule is CSC1=C(SC)SC(SC)=C(SC)S1. The van der Waals surface area contributed by atoms with Crippen LogP contribution in [-0.4, -0.2) is 25.0 Å². The average molecular weight is 301 g/mol. The van der Waals surface area contributed by atoms with Gasteiger partial charge in [0.05, 0.1) is 16.9 Å². The molecule has 1 rings (SSSR count). The average Bonchev–Trinajstić information content (AvgIpc) is 2.26. The van der Waals surface area contributed by atoms with Crippen molar-refractivity contribution in [3.05, 3.63) is 16.9 Å². The molecular formula is C8H12S6. The van der Waals surface area contributed by atoms with E-state index in [2.05, 4.69) is 25.0 Å². The molecule has 0 aromatic carbocycles. The molecule has 0 radical (unpaired) electrons. The summed E-state index contributed by atoms with van der Waals surface area (Å²) in [4.78, 5) is 0. The van der Waals surface area contributed by atoms with Crippen LogP contribution in [0, 0.1) is 0 Å². The quantitative estimate of drug-likeness (QED) is 0.697. The molecule has 14 heavy (non-hydrogen) atoms. The van der Waals surface area contributed by atoms with Gasteiger partial charge in [-0.1, -0.05) is 23.5 Å². The largest absolute Gasteiger partial charge is 0.121 e. The first-order chi connectivity index (χ1) is 6.76. The van der Waals surface area contributed by atoms with E-state index in [1.165, 1.54) is 16.9 Å². The second-order valence-electron chi connectivity index (χ2n) is 2.17. The fourth-order valence-electron chi connectivity index (χ4n) is 0.835. The van der Waals surface area contributed by atoms with E-state index in [1.54, 1.807) is 0 Å². The molecule has 0 amide bonds. The summed E-state index contributed by atoms with van der Waals surface area (Å²) in [6, 6.07) is 0. The van der Waals surface area contributed by atoms with Crippen LogP contribution >= 0.6 is 70.6 Å². The summed E-state index contributed by atoms with van der Waals surface area (Å²) in [6.07, 6.45) is 8.62. The lowest BCUT2D eigenvalue weighted by atomic mass is 11.2. The zero-order valence-corrected chi connectivity index (χ0v) is 13.3. The number of rotatable bonds is 4. The monoisotopic (exact) mass is 300 g/mol. The van der Waals surface area contributed by atoms with Crippen molar-refractivity contribution in [2.45, 2.75) is 0 Å². The van der Waals surface area contributed by atoms with Crippen LogP contribution in [0.3, 0.4) is 0 Å². The van der Waals surface area contributed by atoms with Gasteiger partial charge in [0.1, 0.15) is 0 Å². The Labute approximate surface area is 112 Å². The van der Waals surface area contributed by atoms with Crippen LogP contribution in [0.4, 0.5) is 0 Å². The van der Waals surface area contributed by atoms with Crippen molar-refractivity contribution in [1.29, 1.82) is 0 Å². The molecule has 0 nitrogen and oxygen atoms in total. The van der Waals surface area contributed by atoms with E-state index in [4.69, 9.17) is 0 Å². The first-order valence-corrected chi connectivity index (χ1v) is 10.3. The fraction of sp³-hybridized carbons (Fsp3) is 0.500. The molecule has 0 spiro atoms. The van der Waals surface area contributed by atoms with E-state index in [9.17, 15) is 0 Å². The Kier molecular flexibility index (Phi) is 6.84. The molecular weight excluding hydrogens is 288 g/mol. The topological polar surface area (TPSA) is 0 Å². The highest BCUT2D eigenvalue weighted by molar-refractivity contribution is 8.39. The molecule has 0 aliphatic carbocycles. The van der Waals surface area contributed by atoms with Gasteiger partial charge >= 0.3 is 0 Å². The Morgan fingerprint density at radius 3 is 0.929 bits per heavy atom. The van der Waals surface area contributed by atoms with Gasteiger partial charge in [-0.15, -0.1) is 47.0 Å². The Hall–Kier alpha value is 1.58. The Balaban J connectivity index is 2.86. The van der Waals surface area contributed by atoms with Gasteiger partial charge in [-0.25, -0.2) is 0 Å². The standard InChI is InChI=1S/C8H12S6/c1-9-5-6(10-2)14-8(12-4)7(11-3)13-5/h1-4H3. The molecule has 0 N–H and O–H groups in total. The number of hydrogen-bond acceptors (Lipinski definition) is 6. The van der Waals surface area contributed by atoms with Crippen molar-refractivity contribution in [1.82, 2.24) is 0 Å². The van der Waals surface area contributed by atoms with Gasteiger partial charge in [-0.3, -0.25) is 0 Å². The summed E-state index contributed by atoms with van der Waals surface area (Å²) in [5, 5.41) is 0. The lowest BCUT2D eigenvalue weighted by molar-refractivity contribution is 2.17. The van der Waals surface area contributed by atoms with Crippen molar-refractivity contribution in [3.8, 4) is 0 Å². The van der Waals surface area contributed by atoms with Crippen molar-refractivity contribution < 1.29 is 0 Å². The van der Waals surface area contributed by atoms with Gasteiger partial charge in [0.25, 0.3) is 0 Å². The molecule has 0 aromatic rings. The minimum Gasteiger partial charge on any atom is -0.121 e. The second-order valence-corrected chi connectivity index (χ2v) is 8.51. The molecule has 1 aliphatic rings. The molecule has 0 saturated heterocycles. The van der Waals surface area contributed by atoms with Crippen LogP contribution in [0.15, 0.2) is 16.9 Å². The van der Waals surface area contributed by atoms with E-state index in [-0.39, 0.29) is 0 Å². The van der Waals surface area contributed by atoms with Gasteiger partial charge in [-0.2, -0.15) is 0 Å². The minimum atomic E-state index is 1.45. The molecule has 0 unspecified atom stereocenters. The molecule has 0 aromatic heterocycles. The van der Waals surface area contributed by atoms with E-state index < -0.39 is 0 Å². The summed E-state index contributed by atoms with van der Waals surface area (Å²) in [6.45, 7) is 0. The molecule has 1 heterocycles. The molecule has 6 heteroatoms. The zero-order chi connectivity index (χ0) is 10.6.